The molecule has 0 saturated heterocycles. The Kier molecular flexibility index (Phi) is 5.00. The molecule has 0 fully saturated rings. The van der Waals surface area contributed by atoms with Crippen molar-refractivity contribution in [3.63, 3.8) is 0 Å². The molecule has 4 heteroatoms. The van der Waals surface area contributed by atoms with Crippen LogP contribution in [0.3, 0.4) is 0 Å². The summed E-state index contributed by atoms with van der Waals surface area (Å²) in [5.74, 6) is 0. The van der Waals surface area contributed by atoms with Crippen molar-refractivity contribution < 1.29 is 4.79 Å². The van der Waals surface area contributed by atoms with E-state index in [0.717, 1.165) is 10.0 Å². The fraction of sp³-hybridized carbons (Fsp3) is 0.462. The number of urea groups is 1. The second-order valence-electron chi connectivity index (χ2n) is 5.22. The van der Waals surface area contributed by atoms with Crippen LogP contribution in [0.1, 0.15) is 26.3 Å². The van der Waals surface area contributed by atoms with Gasteiger partial charge in [0.15, 0.2) is 0 Å². The molecule has 0 radical (unpaired) electrons. The predicted octanol–water partition coefficient (Wildman–Crippen LogP) is 3.29. The van der Waals surface area contributed by atoms with Gasteiger partial charge in [0.1, 0.15) is 0 Å². The molecule has 0 saturated carbocycles. The minimum Gasteiger partial charge on any atom is -0.338 e. The van der Waals surface area contributed by atoms with Gasteiger partial charge in [-0.1, -0.05) is 48.8 Å². The first-order chi connectivity index (χ1) is 7.87. The molecule has 0 atom stereocenters. The Hall–Kier alpha value is -1.03. The Morgan fingerprint density at radius 2 is 1.76 bits per heavy atom. The highest BCUT2D eigenvalue weighted by Crippen LogP contribution is 2.11. The first kappa shape index (κ1) is 14.0. The molecule has 0 unspecified atom stereocenters. The predicted molar refractivity (Wildman–Crippen MR) is 73.8 cm³/mol. The summed E-state index contributed by atoms with van der Waals surface area (Å²) in [4.78, 5) is 11.5. The van der Waals surface area contributed by atoms with Gasteiger partial charge in [0.05, 0.1) is 0 Å². The van der Waals surface area contributed by atoms with Crippen LogP contribution in [0.5, 0.6) is 0 Å². The van der Waals surface area contributed by atoms with Crippen molar-refractivity contribution in [2.75, 3.05) is 6.54 Å². The molecule has 0 heterocycles. The van der Waals surface area contributed by atoms with Crippen LogP contribution in [0.2, 0.25) is 0 Å². The Bertz CT molecular complexity index is 368. The minimum atomic E-state index is -0.122. The molecule has 1 rings (SSSR count). The SMILES string of the molecule is CC(C)(C)CNC(=O)NCc1ccc(Br)cc1. The van der Waals surface area contributed by atoms with E-state index in [4.69, 9.17) is 0 Å². The number of nitrogens with one attached hydrogen (secondary N) is 2. The van der Waals surface area contributed by atoms with Crippen LogP contribution in [0, 0.1) is 5.41 Å². The van der Waals surface area contributed by atoms with Crippen LogP contribution in [0.15, 0.2) is 28.7 Å². The van der Waals surface area contributed by atoms with Crippen molar-refractivity contribution in [2.45, 2.75) is 27.3 Å². The summed E-state index contributed by atoms with van der Waals surface area (Å²) < 4.78 is 1.04. The first-order valence-electron chi connectivity index (χ1n) is 5.63. The number of halogens is 1. The van der Waals surface area contributed by atoms with Gasteiger partial charge in [0.2, 0.25) is 0 Å². The van der Waals surface area contributed by atoms with Gasteiger partial charge >= 0.3 is 6.03 Å². The molecule has 1 aromatic rings. The maximum absolute atomic E-state index is 11.5. The van der Waals surface area contributed by atoms with Crippen LogP contribution >= 0.6 is 15.9 Å². The monoisotopic (exact) mass is 298 g/mol. The third kappa shape index (κ3) is 6.31. The van der Waals surface area contributed by atoms with E-state index in [2.05, 4.69) is 47.3 Å². The standard InChI is InChI=1S/C13H19BrN2O/c1-13(2,3)9-16-12(17)15-8-10-4-6-11(14)7-5-10/h4-7H,8-9H2,1-3H3,(H2,15,16,17). The minimum absolute atomic E-state index is 0.106. The highest BCUT2D eigenvalue weighted by Gasteiger charge is 2.11. The summed E-state index contributed by atoms with van der Waals surface area (Å²) in [7, 11) is 0. The molecule has 17 heavy (non-hydrogen) atoms. The lowest BCUT2D eigenvalue weighted by molar-refractivity contribution is 0.235. The van der Waals surface area contributed by atoms with Crippen molar-refractivity contribution in [2.24, 2.45) is 5.41 Å². The Morgan fingerprint density at radius 1 is 1.18 bits per heavy atom. The second-order valence-corrected chi connectivity index (χ2v) is 6.14. The molecule has 1 aromatic carbocycles. The molecule has 0 aliphatic rings. The first-order valence-corrected chi connectivity index (χ1v) is 6.42. The molecule has 0 aromatic heterocycles. The topological polar surface area (TPSA) is 41.1 Å². The van der Waals surface area contributed by atoms with Crippen molar-refractivity contribution >= 4 is 22.0 Å². The number of hydrogen-bond donors (Lipinski definition) is 2. The van der Waals surface area contributed by atoms with E-state index in [1.54, 1.807) is 0 Å². The van der Waals surface area contributed by atoms with E-state index in [-0.39, 0.29) is 11.4 Å². The summed E-state index contributed by atoms with van der Waals surface area (Å²) in [5, 5.41) is 5.67. The van der Waals surface area contributed by atoms with Gasteiger partial charge in [-0.2, -0.15) is 0 Å². The zero-order valence-electron chi connectivity index (χ0n) is 10.5. The van der Waals surface area contributed by atoms with Crippen molar-refractivity contribution in [3.8, 4) is 0 Å². The van der Waals surface area contributed by atoms with E-state index in [1.807, 2.05) is 24.3 Å². The molecule has 2 amide bonds. The van der Waals surface area contributed by atoms with Gasteiger partial charge in [0.25, 0.3) is 0 Å². The highest BCUT2D eigenvalue weighted by molar-refractivity contribution is 9.10. The molecular weight excluding hydrogens is 280 g/mol. The second kappa shape index (κ2) is 6.05. The van der Waals surface area contributed by atoms with Gasteiger partial charge in [-0.15, -0.1) is 0 Å². The van der Waals surface area contributed by atoms with Gasteiger partial charge in [0, 0.05) is 17.6 Å². The van der Waals surface area contributed by atoms with Crippen molar-refractivity contribution in [1.82, 2.24) is 10.6 Å². The lowest BCUT2D eigenvalue weighted by atomic mass is 9.97. The van der Waals surface area contributed by atoms with E-state index in [9.17, 15) is 4.79 Å². The van der Waals surface area contributed by atoms with Crippen molar-refractivity contribution in [1.29, 1.82) is 0 Å². The molecule has 0 aliphatic heterocycles. The summed E-state index contributed by atoms with van der Waals surface area (Å²) in [5.41, 5.74) is 1.19. The van der Waals surface area contributed by atoms with Gasteiger partial charge < -0.3 is 10.6 Å². The Balaban J connectivity index is 2.31. The third-order valence-electron chi connectivity index (χ3n) is 2.15. The Morgan fingerprint density at radius 3 is 2.29 bits per heavy atom. The summed E-state index contributed by atoms with van der Waals surface area (Å²) in [6.45, 7) is 7.47. The molecule has 2 N–H and O–H groups in total. The Labute approximate surface area is 111 Å². The fourth-order valence-electron chi connectivity index (χ4n) is 1.19. The lowest BCUT2D eigenvalue weighted by Gasteiger charge is -2.18. The summed E-state index contributed by atoms with van der Waals surface area (Å²) in [6.07, 6.45) is 0. The average Bonchev–Trinajstić information content (AvgIpc) is 2.25. The van der Waals surface area contributed by atoms with Crippen LogP contribution < -0.4 is 10.6 Å². The van der Waals surface area contributed by atoms with Crippen molar-refractivity contribution in [3.05, 3.63) is 34.3 Å². The zero-order valence-corrected chi connectivity index (χ0v) is 12.1. The number of rotatable bonds is 3. The van der Waals surface area contributed by atoms with Crippen LogP contribution in [0.25, 0.3) is 0 Å². The van der Waals surface area contributed by atoms with Crippen LogP contribution in [-0.4, -0.2) is 12.6 Å². The molecule has 0 spiro atoms. The summed E-state index contributed by atoms with van der Waals surface area (Å²) in [6, 6.07) is 7.76. The molecule has 0 aliphatic carbocycles. The third-order valence-corrected chi connectivity index (χ3v) is 2.67. The quantitative estimate of drug-likeness (QED) is 0.883. The van der Waals surface area contributed by atoms with E-state index < -0.39 is 0 Å². The molecule has 94 valence electrons. The smallest absolute Gasteiger partial charge is 0.315 e. The molecule has 3 nitrogen and oxygen atoms in total. The maximum atomic E-state index is 11.5. The number of hydrogen-bond acceptors (Lipinski definition) is 1. The molecule has 0 bridgehead atoms. The highest BCUT2D eigenvalue weighted by atomic mass is 79.9. The lowest BCUT2D eigenvalue weighted by Crippen LogP contribution is -2.39. The summed E-state index contributed by atoms with van der Waals surface area (Å²) >= 11 is 3.37. The van der Waals surface area contributed by atoms with Gasteiger partial charge in [-0.3, -0.25) is 0 Å². The average molecular weight is 299 g/mol. The largest absolute Gasteiger partial charge is 0.338 e. The molecular formula is C13H19BrN2O. The number of benzene rings is 1. The fourth-order valence-corrected chi connectivity index (χ4v) is 1.46. The van der Waals surface area contributed by atoms with Crippen LogP contribution in [0.4, 0.5) is 4.79 Å². The van der Waals surface area contributed by atoms with E-state index in [0.29, 0.717) is 13.1 Å². The van der Waals surface area contributed by atoms with E-state index in [1.165, 1.54) is 0 Å². The van der Waals surface area contributed by atoms with Gasteiger partial charge in [-0.25, -0.2) is 4.79 Å². The zero-order chi connectivity index (χ0) is 12.9. The van der Waals surface area contributed by atoms with E-state index >= 15 is 0 Å². The normalized spacial score (nSPS) is 11.1. The number of carbonyl (C=O) groups is 1. The number of amides is 2. The number of carbonyl (C=O) groups excluding carboxylic acids is 1. The van der Waals surface area contributed by atoms with Crippen LogP contribution in [-0.2, 0) is 6.54 Å². The van der Waals surface area contributed by atoms with Gasteiger partial charge in [-0.05, 0) is 23.1 Å². The maximum Gasteiger partial charge on any atom is 0.315 e.